The first kappa shape index (κ1) is 3.32. The van der Waals surface area contributed by atoms with E-state index >= 15 is 0 Å². The average Bonchev–Trinajstić information content (AvgIpc) is 1.37. The fraction of sp³-hybridized carbons (Fsp3) is 0. The summed E-state index contributed by atoms with van der Waals surface area (Å²) in [5.41, 5.74) is 0. The van der Waals surface area contributed by atoms with E-state index in [9.17, 15) is 0 Å². The zero-order valence-corrected chi connectivity index (χ0v) is 2.06. The van der Waals surface area contributed by atoms with Gasteiger partial charge < -0.3 is 4.84 Å². The Labute approximate surface area is 24.5 Å². The molecule has 0 aliphatic heterocycles. The predicted octanol–water partition coefficient (Wildman–Crippen LogP) is -0.533. The number of hydrogen-bond acceptors (Lipinski definition) is 2. The molecule has 0 heterocycles. The van der Waals surface area contributed by atoms with Crippen molar-refractivity contribution in [3.8, 4) is 12.5 Å². The van der Waals surface area contributed by atoms with Crippen molar-refractivity contribution < 1.29 is 4.84 Å². The number of rotatable bonds is 0. The molecule has 0 rings (SSSR count). The fourth-order valence-corrected chi connectivity index (χ4v) is 0. The number of nitrogens with two attached hydrogens (primary N) is 1. The maximum Gasteiger partial charge on any atom is 0.133 e. The third-order valence-electron chi connectivity index (χ3n) is 0.0680. The van der Waals surface area contributed by atoms with Crippen LogP contribution in [0.1, 0.15) is 0 Å². The molecule has 0 fully saturated rings. The molecule has 0 radical (unpaired) electrons. The normalized spacial score (nSPS) is 4.00. The molecule has 2 nitrogen and oxygen atoms in total. The summed E-state index contributed by atoms with van der Waals surface area (Å²) >= 11 is 0. The monoisotopic (exact) mass is 57.0 g/mol. The van der Waals surface area contributed by atoms with Crippen molar-refractivity contribution in [1.82, 2.24) is 0 Å². The molecule has 0 aliphatic rings. The molecule has 0 saturated carbocycles. The summed E-state index contributed by atoms with van der Waals surface area (Å²) in [5, 5.41) is 0. The minimum atomic E-state index is 1.71. The largest absolute Gasteiger partial charge is 0.359 e. The summed E-state index contributed by atoms with van der Waals surface area (Å²) in [6.07, 6.45) is 6.14. The van der Waals surface area contributed by atoms with Gasteiger partial charge in [0, 0.05) is 0 Å². The molecule has 0 aromatic carbocycles. The topological polar surface area (TPSA) is 35.2 Å². The van der Waals surface area contributed by atoms with E-state index < -0.39 is 0 Å². The standard InChI is InChI=1S/C2H3NO/c1-2-4-3/h1H,3H2. The Morgan fingerprint density at radius 3 is 2.25 bits per heavy atom. The Hall–Kier alpha value is -0.680. The van der Waals surface area contributed by atoms with Gasteiger partial charge in [-0.15, -0.1) is 0 Å². The molecule has 2 N–H and O–H groups in total. The van der Waals surface area contributed by atoms with E-state index in [2.05, 4.69) is 17.2 Å². The average molecular weight is 57.1 g/mol. The molecule has 0 saturated heterocycles. The van der Waals surface area contributed by atoms with Crippen LogP contribution in [0, 0.1) is 12.5 Å². The van der Waals surface area contributed by atoms with Crippen LogP contribution in [0.15, 0.2) is 0 Å². The second-order valence-electron chi connectivity index (χ2n) is 0.236. The molecule has 0 aliphatic carbocycles. The highest BCUT2D eigenvalue weighted by Crippen LogP contribution is 1.31. The molecular formula is C2H3NO. The minimum absolute atomic E-state index is 1.71. The molecule has 4 heavy (non-hydrogen) atoms. The van der Waals surface area contributed by atoms with E-state index in [0.717, 1.165) is 0 Å². The highest BCUT2D eigenvalue weighted by Gasteiger charge is 1.34. The van der Waals surface area contributed by atoms with E-state index in [1.165, 1.54) is 0 Å². The van der Waals surface area contributed by atoms with Gasteiger partial charge in [-0.05, 0) is 0 Å². The van der Waals surface area contributed by atoms with Crippen LogP contribution in [-0.4, -0.2) is 0 Å². The fourth-order valence-electron chi connectivity index (χ4n) is 0. The second-order valence-corrected chi connectivity index (χ2v) is 0.236. The summed E-state index contributed by atoms with van der Waals surface area (Å²) in [4.78, 5) is 3.57. The van der Waals surface area contributed by atoms with Gasteiger partial charge in [0.2, 0.25) is 0 Å². The zero-order chi connectivity index (χ0) is 3.41. The first-order valence-electron chi connectivity index (χ1n) is 0.729. The summed E-state index contributed by atoms with van der Waals surface area (Å²) in [6, 6.07) is 0. The molecule has 0 atom stereocenters. The molecule has 0 unspecified atom stereocenters. The molecule has 2 heteroatoms. The molecule has 0 spiro atoms. The Kier molecular flexibility index (Phi) is 1.93. The van der Waals surface area contributed by atoms with Gasteiger partial charge in [-0.3, -0.25) is 0 Å². The summed E-state index contributed by atoms with van der Waals surface area (Å²) in [6.45, 7) is 0. The Morgan fingerprint density at radius 1 is 2.00 bits per heavy atom. The van der Waals surface area contributed by atoms with E-state index in [1.54, 1.807) is 6.11 Å². The van der Waals surface area contributed by atoms with Crippen LogP contribution < -0.4 is 5.90 Å². The highest BCUT2D eigenvalue weighted by atomic mass is 16.6. The molecular weight excluding hydrogens is 54.0 g/mol. The van der Waals surface area contributed by atoms with E-state index in [0.29, 0.717) is 0 Å². The molecule has 22 valence electrons. The van der Waals surface area contributed by atoms with E-state index in [1.807, 2.05) is 0 Å². The van der Waals surface area contributed by atoms with Crippen molar-refractivity contribution in [3.63, 3.8) is 0 Å². The minimum Gasteiger partial charge on any atom is -0.359 e. The van der Waals surface area contributed by atoms with Gasteiger partial charge in [0.25, 0.3) is 0 Å². The van der Waals surface area contributed by atoms with Gasteiger partial charge in [-0.2, -0.15) is 5.90 Å². The van der Waals surface area contributed by atoms with Crippen LogP contribution in [0.5, 0.6) is 0 Å². The van der Waals surface area contributed by atoms with Gasteiger partial charge in [-0.25, -0.2) is 0 Å². The SMILES string of the molecule is C#CON. The van der Waals surface area contributed by atoms with Crippen molar-refractivity contribution >= 4 is 0 Å². The second kappa shape index (κ2) is 2.32. The molecule has 0 bridgehead atoms. The lowest BCUT2D eigenvalue weighted by molar-refractivity contribution is 0.292. The smallest absolute Gasteiger partial charge is 0.133 e. The Balaban J connectivity index is 2.43. The van der Waals surface area contributed by atoms with Gasteiger partial charge in [0.1, 0.15) is 6.11 Å². The van der Waals surface area contributed by atoms with Crippen LogP contribution in [0.2, 0.25) is 0 Å². The van der Waals surface area contributed by atoms with Gasteiger partial charge in [0.05, 0.1) is 0 Å². The van der Waals surface area contributed by atoms with Crippen LogP contribution >= 0.6 is 0 Å². The summed E-state index contributed by atoms with van der Waals surface area (Å²) in [5.74, 6) is 4.29. The van der Waals surface area contributed by atoms with E-state index in [4.69, 9.17) is 0 Å². The van der Waals surface area contributed by atoms with Crippen LogP contribution in [-0.2, 0) is 4.84 Å². The highest BCUT2D eigenvalue weighted by molar-refractivity contribution is 4.65. The van der Waals surface area contributed by atoms with E-state index in [-0.39, 0.29) is 0 Å². The third-order valence-corrected chi connectivity index (χ3v) is 0.0680. The zero-order valence-electron chi connectivity index (χ0n) is 2.06. The Bertz CT molecular complexity index is 35.8. The lowest BCUT2D eigenvalue weighted by Gasteiger charge is -1.66. The van der Waals surface area contributed by atoms with Gasteiger partial charge >= 0.3 is 0 Å². The summed E-state index contributed by atoms with van der Waals surface area (Å²) < 4.78 is 0. The van der Waals surface area contributed by atoms with Crippen molar-refractivity contribution in [2.45, 2.75) is 0 Å². The van der Waals surface area contributed by atoms with Crippen molar-refractivity contribution in [2.75, 3.05) is 0 Å². The Morgan fingerprint density at radius 2 is 2.25 bits per heavy atom. The maximum absolute atomic E-state index is 4.43. The quantitative estimate of drug-likeness (QED) is 0.299. The van der Waals surface area contributed by atoms with Gasteiger partial charge in [-0.1, -0.05) is 6.42 Å². The van der Waals surface area contributed by atoms with Crippen LogP contribution in [0.3, 0.4) is 0 Å². The predicted molar refractivity (Wildman–Crippen MR) is 14.1 cm³/mol. The lowest BCUT2D eigenvalue weighted by atomic mass is 11.3. The molecule has 0 aromatic heterocycles. The van der Waals surface area contributed by atoms with Gasteiger partial charge in [0.15, 0.2) is 0 Å². The maximum atomic E-state index is 4.43. The van der Waals surface area contributed by atoms with Crippen LogP contribution in [0.4, 0.5) is 0 Å². The third kappa shape index (κ3) is 1.32. The van der Waals surface area contributed by atoms with Crippen LogP contribution in [0.25, 0.3) is 0 Å². The molecule has 0 amide bonds. The molecule has 0 aromatic rings. The number of hydrogen-bond donors (Lipinski definition) is 1. The van der Waals surface area contributed by atoms with Crippen molar-refractivity contribution in [1.29, 1.82) is 0 Å². The summed E-state index contributed by atoms with van der Waals surface area (Å²) in [7, 11) is 0. The first-order valence-corrected chi connectivity index (χ1v) is 0.729. The lowest BCUT2D eigenvalue weighted by Crippen LogP contribution is -1.86. The number of terminal acetylenes is 1. The van der Waals surface area contributed by atoms with Crippen molar-refractivity contribution in [2.24, 2.45) is 5.90 Å². The van der Waals surface area contributed by atoms with Crippen molar-refractivity contribution in [3.05, 3.63) is 0 Å². The first-order chi connectivity index (χ1) is 1.91.